The third-order valence-corrected chi connectivity index (χ3v) is 3.03. The fourth-order valence-corrected chi connectivity index (χ4v) is 2.20. The summed E-state index contributed by atoms with van der Waals surface area (Å²) in [6, 6.07) is 4.18. The van der Waals surface area contributed by atoms with Crippen molar-refractivity contribution in [2.75, 3.05) is 13.6 Å². The van der Waals surface area contributed by atoms with Crippen LogP contribution in [-0.2, 0) is 24.5 Å². The second-order valence-electron chi connectivity index (χ2n) is 4.01. The van der Waals surface area contributed by atoms with Crippen molar-refractivity contribution in [2.45, 2.75) is 19.6 Å². The molecule has 1 aromatic carbocycles. The van der Waals surface area contributed by atoms with Gasteiger partial charge >= 0.3 is 0 Å². The van der Waals surface area contributed by atoms with Crippen molar-refractivity contribution in [2.24, 2.45) is 0 Å². The van der Waals surface area contributed by atoms with Gasteiger partial charge in [-0.25, -0.2) is 0 Å². The lowest BCUT2D eigenvalue weighted by Crippen LogP contribution is -2.27. The zero-order valence-electron chi connectivity index (χ0n) is 8.25. The Labute approximate surface area is 83.2 Å². The first-order chi connectivity index (χ1) is 6.84. The standard InChI is InChI=1S/C11H13NO2/c1-12-5-4-8-2-3-11-10(7-13-14-11)9(8)6-12/h2-3H,4-7H2,1H3. The highest BCUT2D eigenvalue weighted by molar-refractivity contribution is 5.46. The van der Waals surface area contributed by atoms with Crippen molar-refractivity contribution in [3.05, 3.63) is 28.8 Å². The number of hydrogen-bond donors (Lipinski definition) is 0. The number of nitrogens with zero attached hydrogens (tertiary/aromatic N) is 1. The van der Waals surface area contributed by atoms with Crippen LogP contribution in [0.4, 0.5) is 0 Å². The van der Waals surface area contributed by atoms with Crippen LogP contribution >= 0.6 is 0 Å². The first-order valence-electron chi connectivity index (χ1n) is 4.96. The van der Waals surface area contributed by atoms with Crippen molar-refractivity contribution in [3.8, 4) is 5.75 Å². The second-order valence-corrected chi connectivity index (χ2v) is 4.01. The lowest BCUT2D eigenvalue weighted by atomic mass is 9.95. The van der Waals surface area contributed by atoms with Crippen LogP contribution in [-0.4, -0.2) is 18.5 Å². The molecule has 3 rings (SSSR count). The molecule has 0 amide bonds. The summed E-state index contributed by atoms with van der Waals surface area (Å²) in [5, 5.41) is 0. The maximum Gasteiger partial charge on any atom is 0.171 e. The summed E-state index contributed by atoms with van der Waals surface area (Å²) in [5.74, 6) is 0.902. The summed E-state index contributed by atoms with van der Waals surface area (Å²) >= 11 is 0. The Morgan fingerprint density at radius 2 is 2.21 bits per heavy atom. The number of fused-ring (bicyclic) bond motifs is 3. The zero-order valence-corrected chi connectivity index (χ0v) is 8.25. The topological polar surface area (TPSA) is 21.7 Å². The zero-order chi connectivity index (χ0) is 9.54. The molecule has 3 heteroatoms. The average Bonchev–Trinajstić information content (AvgIpc) is 2.65. The molecule has 74 valence electrons. The molecule has 0 saturated heterocycles. The van der Waals surface area contributed by atoms with Gasteiger partial charge in [0.15, 0.2) is 5.75 Å². The van der Waals surface area contributed by atoms with E-state index in [1.54, 1.807) is 0 Å². The first-order valence-corrected chi connectivity index (χ1v) is 4.96. The van der Waals surface area contributed by atoms with E-state index in [-0.39, 0.29) is 0 Å². The van der Waals surface area contributed by atoms with Gasteiger partial charge in [-0.15, -0.1) is 0 Å². The second kappa shape index (κ2) is 2.97. The molecule has 3 nitrogen and oxygen atoms in total. The fourth-order valence-electron chi connectivity index (χ4n) is 2.20. The molecule has 2 aliphatic rings. The number of likely N-dealkylation sites (N-methyl/N-ethyl adjacent to an activating group) is 1. The molecule has 14 heavy (non-hydrogen) atoms. The van der Waals surface area contributed by atoms with Crippen molar-refractivity contribution in [1.82, 2.24) is 4.90 Å². The van der Waals surface area contributed by atoms with Crippen LogP contribution in [0.25, 0.3) is 0 Å². The summed E-state index contributed by atoms with van der Waals surface area (Å²) < 4.78 is 0. The van der Waals surface area contributed by atoms with Crippen LogP contribution in [0.15, 0.2) is 12.1 Å². The van der Waals surface area contributed by atoms with Gasteiger partial charge in [0.2, 0.25) is 0 Å². The number of rotatable bonds is 0. The van der Waals surface area contributed by atoms with Gasteiger partial charge in [0.1, 0.15) is 6.61 Å². The maximum absolute atomic E-state index is 5.08. The largest absolute Gasteiger partial charge is 0.337 e. The van der Waals surface area contributed by atoms with Gasteiger partial charge < -0.3 is 9.79 Å². The first kappa shape index (κ1) is 8.26. The molecule has 0 spiro atoms. The Kier molecular flexibility index (Phi) is 1.75. The molecule has 2 aliphatic heterocycles. The molecule has 1 aromatic rings. The molecule has 0 fully saturated rings. The minimum absolute atomic E-state index is 0.604. The maximum atomic E-state index is 5.08. The molecule has 0 bridgehead atoms. The molecular formula is C11H13NO2. The van der Waals surface area contributed by atoms with Crippen LogP contribution in [0.5, 0.6) is 5.75 Å². The van der Waals surface area contributed by atoms with Gasteiger partial charge in [-0.05, 0) is 30.7 Å². The Balaban J connectivity index is 2.12. The lowest BCUT2D eigenvalue weighted by Gasteiger charge is -2.25. The Bertz CT molecular complexity index is 376. The summed E-state index contributed by atoms with van der Waals surface area (Å²) in [6.45, 7) is 2.77. The SMILES string of the molecule is CN1CCc2ccc3c(c2C1)COO3. The van der Waals surface area contributed by atoms with E-state index in [1.165, 1.54) is 16.7 Å². The molecule has 0 N–H and O–H groups in total. The molecule has 2 heterocycles. The van der Waals surface area contributed by atoms with E-state index in [0.717, 1.165) is 25.3 Å². The third-order valence-electron chi connectivity index (χ3n) is 3.03. The fraction of sp³-hybridized carbons (Fsp3) is 0.455. The number of hydrogen-bond acceptors (Lipinski definition) is 3. The average molecular weight is 191 g/mol. The van der Waals surface area contributed by atoms with Crippen molar-refractivity contribution < 1.29 is 9.78 Å². The smallest absolute Gasteiger partial charge is 0.171 e. The normalized spacial score (nSPS) is 20.1. The van der Waals surface area contributed by atoms with Gasteiger partial charge in [0, 0.05) is 18.7 Å². The van der Waals surface area contributed by atoms with Crippen LogP contribution in [0.1, 0.15) is 16.7 Å². The molecule has 0 unspecified atom stereocenters. The molecular weight excluding hydrogens is 178 g/mol. The Hall–Kier alpha value is -1.06. The van der Waals surface area contributed by atoms with Gasteiger partial charge in [-0.2, -0.15) is 4.89 Å². The summed E-state index contributed by atoms with van der Waals surface area (Å²) in [5.41, 5.74) is 4.11. The highest BCUT2D eigenvalue weighted by Crippen LogP contribution is 2.33. The Morgan fingerprint density at radius 3 is 3.14 bits per heavy atom. The lowest BCUT2D eigenvalue weighted by molar-refractivity contribution is -0.194. The van der Waals surface area contributed by atoms with Crippen LogP contribution < -0.4 is 4.89 Å². The molecule has 0 saturated carbocycles. The molecule has 0 aromatic heterocycles. The predicted octanol–water partition coefficient (Wildman–Crippen LogP) is 1.50. The minimum Gasteiger partial charge on any atom is -0.337 e. The number of benzene rings is 1. The van der Waals surface area contributed by atoms with E-state index in [1.807, 2.05) is 6.07 Å². The van der Waals surface area contributed by atoms with Gasteiger partial charge in [0.25, 0.3) is 0 Å². The predicted molar refractivity (Wildman–Crippen MR) is 51.9 cm³/mol. The van der Waals surface area contributed by atoms with Crippen LogP contribution in [0, 0.1) is 0 Å². The highest BCUT2D eigenvalue weighted by atomic mass is 17.2. The van der Waals surface area contributed by atoms with E-state index in [0.29, 0.717) is 6.61 Å². The van der Waals surface area contributed by atoms with E-state index < -0.39 is 0 Å². The van der Waals surface area contributed by atoms with Crippen LogP contribution in [0.2, 0.25) is 0 Å². The summed E-state index contributed by atoms with van der Waals surface area (Å²) in [4.78, 5) is 12.4. The van der Waals surface area contributed by atoms with E-state index >= 15 is 0 Å². The monoisotopic (exact) mass is 191 g/mol. The minimum atomic E-state index is 0.604. The molecule has 0 aliphatic carbocycles. The van der Waals surface area contributed by atoms with E-state index in [9.17, 15) is 0 Å². The van der Waals surface area contributed by atoms with Gasteiger partial charge in [-0.3, -0.25) is 0 Å². The highest BCUT2D eigenvalue weighted by Gasteiger charge is 2.23. The van der Waals surface area contributed by atoms with Crippen molar-refractivity contribution in [3.63, 3.8) is 0 Å². The van der Waals surface area contributed by atoms with Crippen LogP contribution in [0.3, 0.4) is 0 Å². The van der Waals surface area contributed by atoms with Gasteiger partial charge in [0.05, 0.1) is 0 Å². The van der Waals surface area contributed by atoms with Crippen molar-refractivity contribution in [1.29, 1.82) is 0 Å². The summed E-state index contributed by atoms with van der Waals surface area (Å²) in [7, 11) is 2.15. The van der Waals surface area contributed by atoms with Gasteiger partial charge in [-0.1, -0.05) is 6.07 Å². The Morgan fingerprint density at radius 1 is 1.29 bits per heavy atom. The molecule has 0 atom stereocenters. The summed E-state index contributed by atoms with van der Waals surface area (Å²) in [6.07, 6.45) is 1.14. The van der Waals surface area contributed by atoms with Crippen molar-refractivity contribution >= 4 is 0 Å². The quantitative estimate of drug-likeness (QED) is 0.580. The third kappa shape index (κ3) is 1.13. The molecule has 0 radical (unpaired) electrons. The van der Waals surface area contributed by atoms with E-state index in [4.69, 9.17) is 9.78 Å². The van der Waals surface area contributed by atoms with E-state index in [2.05, 4.69) is 18.0 Å².